The van der Waals surface area contributed by atoms with Crippen LogP contribution < -0.4 is 48.0 Å². The minimum absolute atomic E-state index is 0. The molecule has 1 unspecified atom stereocenters. The SMILES string of the molecule is CC1=C(C)C(C)(C)C(C2=Cc3ccccc3[CH]2[Ti+2])=C1C.[I-].[I-]. The van der Waals surface area contributed by atoms with Crippen LogP contribution in [0.5, 0.6) is 0 Å². The summed E-state index contributed by atoms with van der Waals surface area (Å²) in [6.45, 7) is 11.6. The van der Waals surface area contributed by atoms with Crippen molar-refractivity contribution in [3.8, 4) is 0 Å². The Kier molecular flexibility index (Phi) is 6.80. The predicted molar refractivity (Wildman–Crippen MR) is 82.0 cm³/mol. The molecule has 0 saturated heterocycles. The molecule has 0 nitrogen and oxygen atoms in total. The van der Waals surface area contributed by atoms with E-state index in [1.165, 1.54) is 33.4 Å². The molecule has 0 amide bonds. The average Bonchev–Trinajstić information content (AvgIpc) is 2.81. The zero-order valence-electron chi connectivity index (χ0n) is 13.7. The molecule has 22 heavy (non-hydrogen) atoms. The zero-order chi connectivity index (χ0) is 14.7. The Bertz CT molecular complexity index is 693. The summed E-state index contributed by atoms with van der Waals surface area (Å²) in [6.07, 6.45) is 2.41. The normalized spacial score (nSPS) is 22.1. The summed E-state index contributed by atoms with van der Waals surface area (Å²) in [4.78, 5) is 0. The van der Waals surface area contributed by atoms with E-state index in [0.717, 1.165) is 0 Å². The van der Waals surface area contributed by atoms with E-state index in [9.17, 15) is 0 Å². The van der Waals surface area contributed by atoms with Gasteiger partial charge in [0, 0.05) is 0 Å². The Labute approximate surface area is 180 Å². The van der Waals surface area contributed by atoms with Gasteiger partial charge in [0.15, 0.2) is 0 Å². The van der Waals surface area contributed by atoms with Crippen molar-refractivity contribution in [3.05, 3.63) is 63.3 Å². The number of fused-ring (bicyclic) bond motifs is 1. The first-order chi connectivity index (χ1) is 9.35. The van der Waals surface area contributed by atoms with E-state index in [0.29, 0.717) is 4.22 Å². The third kappa shape index (κ3) is 2.98. The molecule has 2 aliphatic carbocycles. The molecule has 1 atom stereocenters. The summed E-state index contributed by atoms with van der Waals surface area (Å²) < 4.78 is 0.508. The van der Waals surface area contributed by atoms with Gasteiger partial charge in [-0.1, -0.05) is 0 Å². The van der Waals surface area contributed by atoms with Crippen molar-refractivity contribution in [1.29, 1.82) is 0 Å². The van der Waals surface area contributed by atoms with E-state index in [-0.39, 0.29) is 53.4 Å². The molecule has 0 fully saturated rings. The number of halogens is 2. The molecule has 0 saturated carbocycles. The zero-order valence-corrected chi connectivity index (χ0v) is 19.6. The Hall–Kier alpha value is 0.614. The molecule has 1 aromatic rings. The number of rotatable bonds is 1. The number of hydrogen-bond donors (Lipinski definition) is 0. The van der Waals surface area contributed by atoms with Crippen LogP contribution >= 0.6 is 0 Å². The van der Waals surface area contributed by atoms with E-state index in [1.54, 1.807) is 5.57 Å². The molecule has 0 bridgehead atoms. The molecule has 0 aromatic heterocycles. The summed E-state index contributed by atoms with van der Waals surface area (Å²) in [6, 6.07) is 8.81. The quantitative estimate of drug-likeness (QED) is 0.323. The molecular formula is C19H21I2Ti. The van der Waals surface area contributed by atoms with Gasteiger partial charge in [-0.3, -0.25) is 0 Å². The van der Waals surface area contributed by atoms with Crippen molar-refractivity contribution in [2.45, 2.75) is 38.8 Å². The molecule has 2 aliphatic rings. The Morgan fingerprint density at radius 3 is 2.05 bits per heavy atom. The Balaban J connectivity index is 0.00000121. The van der Waals surface area contributed by atoms with Gasteiger partial charge in [0.05, 0.1) is 0 Å². The second-order valence-electron chi connectivity index (χ2n) is 6.54. The van der Waals surface area contributed by atoms with Crippen LogP contribution in [0.15, 0.2) is 52.1 Å². The molecule has 0 heterocycles. The van der Waals surface area contributed by atoms with Gasteiger partial charge in [0.2, 0.25) is 0 Å². The molecule has 0 N–H and O–H groups in total. The Morgan fingerprint density at radius 2 is 1.55 bits per heavy atom. The molecule has 1 aromatic carbocycles. The molecule has 115 valence electrons. The fourth-order valence-electron chi connectivity index (χ4n) is 3.71. The van der Waals surface area contributed by atoms with Crippen LogP contribution in [0.4, 0.5) is 0 Å². The van der Waals surface area contributed by atoms with Crippen LogP contribution in [-0.4, -0.2) is 0 Å². The van der Waals surface area contributed by atoms with Gasteiger partial charge in [0.1, 0.15) is 0 Å². The van der Waals surface area contributed by atoms with Crippen LogP contribution in [0.25, 0.3) is 6.08 Å². The number of hydrogen-bond acceptors (Lipinski definition) is 0. The van der Waals surface area contributed by atoms with E-state index >= 15 is 0 Å². The second kappa shape index (κ2) is 7.24. The first kappa shape index (κ1) is 20.7. The first-order valence-electron chi connectivity index (χ1n) is 7.27. The van der Waals surface area contributed by atoms with Gasteiger partial charge in [0.25, 0.3) is 0 Å². The van der Waals surface area contributed by atoms with E-state index in [1.807, 2.05) is 0 Å². The molecule has 3 heteroatoms. The maximum atomic E-state index is 2.41. The fourth-order valence-corrected chi connectivity index (χ4v) is 4.48. The van der Waals surface area contributed by atoms with Gasteiger partial charge in [-0.05, 0) is 0 Å². The smallest absolute Gasteiger partial charge is 1.00 e. The first-order valence-corrected chi connectivity index (χ1v) is 8.17. The van der Waals surface area contributed by atoms with Crippen molar-refractivity contribution in [2.75, 3.05) is 0 Å². The molecule has 0 aliphatic heterocycles. The van der Waals surface area contributed by atoms with Crippen molar-refractivity contribution in [1.82, 2.24) is 0 Å². The molecule has 0 radical (unpaired) electrons. The van der Waals surface area contributed by atoms with E-state index < -0.39 is 0 Å². The summed E-state index contributed by atoms with van der Waals surface area (Å²) in [5.74, 6) is 0. The third-order valence-electron chi connectivity index (χ3n) is 5.28. The maximum absolute atomic E-state index is 2.41. The number of allylic oxidation sites excluding steroid dienone is 5. The van der Waals surface area contributed by atoms with Crippen molar-refractivity contribution >= 4 is 6.08 Å². The minimum atomic E-state index is 0. The van der Waals surface area contributed by atoms with E-state index in [2.05, 4.69) is 85.4 Å². The summed E-state index contributed by atoms with van der Waals surface area (Å²) in [7, 11) is 0. The maximum Gasteiger partial charge on any atom is -1.00 e. The number of benzene rings is 1. The van der Waals surface area contributed by atoms with Crippen LogP contribution in [0.1, 0.15) is 50.0 Å². The fraction of sp³-hybridized carbons (Fsp3) is 0.368. The summed E-state index contributed by atoms with van der Waals surface area (Å²) >= 11 is 2.34. The van der Waals surface area contributed by atoms with Gasteiger partial charge in [-0.25, -0.2) is 0 Å². The van der Waals surface area contributed by atoms with E-state index in [4.69, 9.17) is 0 Å². The largest absolute Gasteiger partial charge is 1.00 e. The van der Waals surface area contributed by atoms with Gasteiger partial charge in [-0.2, -0.15) is 0 Å². The molecule has 3 rings (SSSR count). The van der Waals surface area contributed by atoms with Crippen LogP contribution in [0.3, 0.4) is 0 Å². The van der Waals surface area contributed by atoms with Gasteiger partial charge >= 0.3 is 134 Å². The monoisotopic (exact) mass is 551 g/mol. The van der Waals surface area contributed by atoms with Crippen LogP contribution in [-0.2, 0) is 20.4 Å². The van der Waals surface area contributed by atoms with Crippen molar-refractivity contribution in [2.24, 2.45) is 5.41 Å². The Morgan fingerprint density at radius 1 is 0.955 bits per heavy atom. The molecule has 0 spiro atoms. The summed E-state index contributed by atoms with van der Waals surface area (Å²) in [5, 5.41) is 0. The third-order valence-corrected chi connectivity index (χ3v) is 6.25. The average molecular weight is 551 g/mol. The van der Waals surface area contributed by atoms with Crippen molar-refractivity contribution in [3.63, 3.8) is 0 Å². The minimum Gasteiger partial charge on any atom is -1.00 e. The van der Waals surface area contributed by atoms with Crippen LogP contribution in [0, 0.1) is 5.41 Å². The molecular weight excluding hydrogens is 530 g/mol. The van der Waals surface area contributed by atoms with Crippen LogP contribution in [0.2, 0.25) is 0 Å². The predicted octanol–water partition coefficient (Wildman–Crippen LogP) is -0.628. The van der Waals surface area contributed by atoms with Gasteiger partial charge in [-0.15, -0.1) is 0 Å². The van der Waals surface area contributed by atoms with Gasteiger partial charge < -0.3 is 48.0 Å². The topological polar surface area (TPSA) is 0 Å². The standard InChI is InChI=1S/C19H21.2HI.Ti/c1-12-13(2)18(19(4,5)14(12)3)17-10-15-8-6-7-9-16(15)11-17;;;/h6-11H,1-5H3;2*1H;/q;;;+2/p-2. The summed E-state index contributed by atoms with van der Waals surface area (Å²) in [5.41, 5.74) is 10.6. The second-order valence-corrected chi connectivity index (χ2v) is 7.44. The van der Waals surface area contributed by atoms with Crippen molar-refractivity contribution < 1.29 is 68.4 Å².